The molecule has 0 bridgehead atoms. The highest BCUT2D eigenvalue weighted by Gasteiger charge is 2.26. The van der Waals surface area contributed by atoms with Crippen molar-refractivity contribution >= 4 is 17.7 Å². The summed E-state index contributed by atoms with van der Waals surface area (Å²) in [4.78, 5) is 14.2. The van der Waals surface area contributed by atoms with Gasteiger partial charge in [-0.15, -0.1) is 0 Å². The summed E-state index contributed by atoms with van der Waals surface area (Å²) in [6, 6.07) is 9.92. The SMILES string of the molecule is C=C1c2cc3c(cc2CCN1C(=O)C=Cc1cccc(F)c1)OCO3. The van der Waals surface area contributed by atoms with Crippen molar-refractivity contribution in [2.75, 3.05) is 13.3 Å². The molecule has 126 valence electrons. The van der Waals surface area contributed by atoms with Gasteiger partial charge in [0.25, 0.3) is 5.91 Å². The van der Waals surface area contributed by atoms with Crippen LogP contribution in [0.25, 0.3) is 11.8 Å². The third-order valence-electron chi connectivity index (χ3n) is 4.37. The van der Waals surface area contributed by atoms with Gasteiger partial charge in [-0.3, -0.25) is 4.79 Å². The summed E-state index contributed by atoms with van der Waals surface area (Å²) >= 11 is 0. The van der Waals surface area contributed by atoms with Crippen LogP contribution in [0.2, 0.25) is 0 Å². The third kappa shape index (κ3) is 2.89. The molecule has 2 heterocycles. The van der Waals surface area contributed by atoms with Crippen LogP contribution in [-0.4, -0.2) is 24.1 Å². The molecule has 0 N–H and O–H groups in total. The first kappa shape index (κ1) is 15.4. The Morgan fingerprint density at radius 2 is 2.00 bits per heavy atom. The summed E-state index contributed by atoms with van der Waals surface area (Å²) in [5.41, 5.74) is 3.25. The molecule has 5 heteroatoms. The fraction of sp³-hybridized carbons (Fsp3) is 0.150. The van der Waals surface area contributed by atoms with Crippen LogP contribution in [0, 0.1) is 5.82 Å². The normalized spacial score (nSPS) is 15.6. The van der Waals surface area contributed by atoms with Gasteiger partial charge < -0.3 is 14.4 Å². The second-order valence-corrected chi connectivity index (χ2v) is 5.94. The first-order valence-electron chi connectivity index (χ1n) is 7.99. The number of rotatable bonds is 2. The van der Waals surface area contributed by atoms with Crippen LogP contribution in [-0.2, 0) is 11.2 Å². The molecule has 0 saturated carbocycles. The standard InChI is InChI=1S/C20H16FNO3/c1-13-17-11-19-18(24-12-25-19)10-15(17)7-8-22(13)20(23)6-5-14-3-2-4-16(21)9-14/h2-6,9-11H,1,7-8,12H2. The molecule has 25 heavy (non-hydrogen) atoms. The average molecular weight is 337 g/mol. The minimum absolute atomic E-state index is 0.183. The van der Waals surface area contributed by atoms with Gasteiger partial charge in [0.2, 0.25) is 6.79 Å². The van der Waals surface area contributed by atoms with E-state index >= 15 is 0 Å². The lowest BCUT2D eigenvalue weighted by atomic mass is 9.96. The van der Waals surface area contributed by atoms with E-state index in [4.69, 9.17) is 9.47 Å². The highest BCUT2D eigenvalue weighted by Crippen LogP contribution is 2.39. The highest BCUT2D eigenvalue weighted by atomic mass is 19.1. The number of fused-ring (bicyclic) bond motifs is 2. The molecule has 2 aliphatic heterocycles. The van der Waals surface area contributed by atoms with E-state index in [0.29, 0.717) is 30.0 Å². The Morgan fingerprint density at radius 3 is 2.80 bits per heavy atom. The van der Waals surface area contributed by atoms with Crippen molar-refractivity contribution in [2.24, 2.45) is 0 Å². The number of ether oxygens (including phenoxy) is 2. The maximum atomic E-state index is 13.2. The zero-order valence-electron chi connectivity index (χ0n) is 13.5. The lowest BCUT2D eigenvalue weighted by Gasteiger charge is -2.30. The summed E-state index contributed by atoms with van der Waals surface area (Å²) in [5.74, 6) is 0.890. The molecule has 2 aromatic rings. The van der Waals surface area contributed by atoms with Crippen LogP contribution in [0.4, 0.5) is 4.39 Å². The predicted molar refractivity (Wildman–Crippen MR) is 92.5 cm³/mol. The molecule has 2 aliphatic rings. The minimum atomic E-state index is -0.331. The Balaban J connectivity index is 1.56. The van der Waals surface area contributed by atoms with E-state index in [2.05, 4.69) is 6.58 Å². The zero-order chi connectivity index (χ0) is 17.4. The van der Waals surface area contributed by atoms with Crippen LogP contribution < -0.4 is 9.47 Å². The highest BCUT2D eigenvalue weighted by molar-refractivity contribution is 5.98. The van der Waals surface area contributed by atoms with Gasteiger partial charge >= 0.3 is 0 Å². The molecule has 0 aliphatic carbocycles. The molecular weight excluding hydrogens is 321 g/mol. The van der Waals surface area contributed by atoms with Gasteiger partial charge in [0.15, 0.2) is 11.5 Å². The fourth-order valence-corrected chi connectivity index (χ4v) is 3.08. The van der Waals surface area contributed by atoms with Crippen LogP contribution >= 0.6 is 0 Å². The molecule has 1 amide bonds. The van der Waals surface area contributed by atoms with E-state index < -0.39 is 0 Å². The summed E-state index contributed by atoms with van der Waals surface area (Å²) in [6.07, 6.45) is 3.76. The van der Waals surface area contributed by atoms with E-state index in [9.17, 15) is 9.18 Å². The maximum Gasteiger partial charge on any atom is 0.250 e. The lowest BCUT2D eigenvalue weighted by molar-refractivity contribution is -0.123. The van der Waals surface area contributed by atoms with Crippen molar-refractivity contribution in [3.63, 3.8) is 0 Å². The number of hydrogen-bond donors (Lipinski definition) is 0. The van der Waals surface area contributed by atoms with E-state index in [1.54, 1.807) is 23.1 Å². The van der Waals surface area contributed by atoms with Crippen LogP contribution in [0.15, 0.2) is 49.1 Å². The number of amides is 1. The van der Waals surface area contributed by atoms with Gasteiger partial charge in [0.05, 0.1) is 0 Å². The van der Waals surface area contributed by atoms with Crippen molar-refractivity contribution in [2.45, 2.75) is 6.42 Å². The molecule has 2 aromatic carbocycles. The number of carbonyl (C=O) groups excluding carboxylic acids is 1. The molecule has 0 saturated heterocycles. The monoisotopic (exact) mass is 337 g/mol. The quantitative estimate of drug-likeness (QED) is 0.786. The largest absolute Gasteiger partial charge is 0.454 e. The van der Waals surface area contributed by atoms with Gasteiger partial charge in [0, 0.05) is 23.9 Å². The summed E-state index contributed by atoms with van der Waals surface area (Å²) in [5, 5.41) is 0. The molecule has 0 unspecified atom stereocenters. The van der Waals surface area contributed by atoms with E-state index in [1.165, 1.54) is 18.2 Å². The second kappa shape index (κ2) is 6.09. The van der Waals surface area contributed by atoms with E-state index in [-0.39, 0.29) is 18.5 Å². The smallest absolute Gasteiger partial charge is 0.250 e. The van der Waals surface area contributed by atoms with Crippen LogP contribution in [0.3, 0.4) is 0 Å². The van der Waals surface area contributed by atoms with Gasteiger partial charge in [0.1, 0.15) is 5.82 Å². The Hall–Kier alpha value is -3.08. The Labute approximate surface area is 144 Å². The number of hydrogen-bond acceptors (Lipinski definition) is 3. The summed E-state index contributed by atoms with van der Waals surface area (Å²) in [6.45, 7) is 4.82. The van der Waals surface area contributed by atoms with Crippen molar-refractivity contribution in [3.8, 4) is 11.5 Å². The van der Waals surface area contributed by atoms with Gasteiger partial charge in [-0.2, -0.15) is 0 Å². The fourth-order valence-electron chi connectivity index (χ4n) is 3.08. The van der Waals surface area contributed by atoms with E-state index in [1.807, 2.05) is 12.1 Å². The number of benzene rings is 2. The van der Waals surface area contributed by atoms with Gasteiger partial charge in [-0.05, 0) is 47.9 Å². The average Bonchev–Trinajstić information content (AvgIpc) is 3.06. The zero-order valence-corrected chi connectivity index (χ0v) is 13.5. The Bertz CT molecular complexity index is 904. The molecule has 0 fully saturated rings. The van der Waals surface area contributed by atoms with Crippen molar-refractivity contribution in [1.82, 2.24) is 4.90 Å². The minimum Gasteiger partial charge on any atom is -0.454 e. The van der Waals surface area contributed by atoms with Crippen LogP contribution in [0.1, 0.15) is 16.7 Å². The summed E-state index contributed by atoms with van der Waals surface area (Å²) < 4.78 is 24.0. The van der Waals surface area contributed by atoms with Crippen LogP contribution in [0.5, 0.6) is 11.5 Å². The molecule has 4 nitrogen and oxygen atoms in total. The number of carbonyl (C=O) groups is 1. The molecule has 0 atom stereocenters. The molecule has 0 aromatic heterocycles. The molecular formula is C20H16FNO3. The molecule has 0 spiro atoms. The Morgan fingerprint density at radius 1 is 1.20 bits per heavy atom. The van der Waals surface area contributed by atoms with Crippen molar-refractivity contribution < 1.29 is 18.7 Å². The first-order valence-corrected chi connectivity index (χ1v) is 7.99. The topological polar surface area (TPSA) is 38.8 Å². The predicted octanol–water partition coefficient (Wildman–Crippen LogP) is 3.62. The maximum absolute atomic E-state index is 13.2. The number of nitrogens with zero attached hydrogens (tertiary/aromatic N) is 1. The third-order valence-corrected chi connectivity index (χ3v) is 4.37. The first-order chi connectivity index (χ1) is 12.1. The molecule has 4 rings (SSSR count). The number of halogens is 1. The van der Waals surface area contributed by atoms with Gasteiger partial charge in [-0.25, -0.2) is 4.39 Å². The van der Waals surface area contributed by atoms with Crippen molar-refractivity contribution in [1.29, 1.82) is 0 Å². The van der Waals surface area contributed by atoms with E-state index in [0.717, 1.165) is 16.9 Å². The van der Waals surface area contributed by atoms with Gasteiger partial charge in [-0.1, -0.05) is 18.7 Å². The lowest BCUT2D eigenvalue weighted by Crippen LogP contribution is -2.33. The Kier molecular flexibility index (Phi) is 3.76. The second-order valence-electron chi connectivity index (χ2n) is 5.94. The summed E-state index contributed by atoms with van der Waals surface area (Å²) in [7, 11) is 0. The molecule has 0 radical (unpaired) electrons. The van der Waals surface area contributed by atoms with Crippen molar-refractivity contribution in [3.05, 3.63) is 71.6 Å².